The average Bonchev–Trinajstić information content (AvgIpc) is 2.79. The molecule has 2 aromatic rings. The number of benzene rings is 1. The first-order valence-electron chi connectivity index (χ1n) is 10.8. The van der Waals surface area contributed by atoms with E-state index in [2.05, 4.69) is 15.1 Å². The van der Waals surface area contributed by atoms with Crippen molar-refractivity contribution in [3.8, 4) is 11.3 Å². The van der Waals surface area contributed by atoms with Gasteiger partial charge in [-0.3, -0.25) is 4.79 Å². The van der Waals surface area contributed by atoms with Gasteiger partial charge in [0.2, 0.25) is 5.91 Å². The van der Waals surface area contributed by atoms with E-state index in [0.717, 1.165) is 55.6 Å². The molecule has 154 valence electrons. The Morgan fingerprint density at radius 3 is 2.41 bits per heavy atom. The summed E-state index contributed by atoms with van der Waals surface area (Å²) in [5, 5.41) is 9.44. The number of hydrogen-bond acceptors (Lipinski definition) is 4. The molecule has 1 amide bonds. The summed E-state index contributed by atoms with van der Waals surface area (Å²) >= 11 is 6.25. The molecule has 1 aliphatic carbocycles. The molecule has 1 aromatic carbocycles. The first-order chi connectivity index (χ1) is 14.2. The van der Waals surface area contributed by atoms with Crippen molar-refractivity contribution in [2.45, 2.75) is 44.9 Å². The van der Waals surface area contributed by atoms with E-state index in [9.17, 15) is 4.79 Å². The lowest BCUT2D eigenvalue weighted by atomic mass is 9.86. The molecule has 1 aromatic heterocycles. The maximum absolute atomic E-state index is 12.6. The molecular weight excluding hydrogens is 384 g/mol. The van der Waals surface area contributed by atoms with Crippen molar-refractivity contribution in [2.75, 3.05) is 31.1 Å². The molecule has 2 aliphatic rings. The third-order valence-corrected chi connectivity index (χ3v) is 6.58. The second-order valence-electron chi connectivity index (χ2n) is 8.17. The van der Waals surface area contributed by atoms with E-state index in [1.165, 1.54) is 32.1 Å². The summed E-state index contributed by atoms with van der Waals surface area (Å²) < 4.78 is 0. The van der Waals surface area contributed by atoms with Crippen LogP contribution in [0, 0.1) is 5.92 Å². The molecule has 29 heavy (non-hydrogen) atoms. The van der Waals surface area contributed by atoms with Gasteiger partial charge < -0.3 is 9.80 Å². The average molecular weight is 413 g/mol. The first kappa shape index (κ1) is 20.1. The molecule has 0 N–H and O–H groups in total. The van der Waals surface area contributed by atoms with Gasteiger partial charge in [-0.1, -0.05) is 61.9 Å². The second-order valence-corrected chi connectivity index (χ2v) is 8.57. The minimum Gasteiger partial charge on any atom is -0.352 e. The van der Waals surface area contributed by atoms with E-state index in [1.807, 2.05) is 41.3 Å². The highest BCUT2D eigenvalue weighted by Gasteiger charge is 2.23. The molecule has 0 spiro atoms. The first-order valence-corrected chi connectivity index (χ1v) is 11.2. The largest absolute Gasteiger partial charge is 0.352 e. The van der Waals surface area contributed by atoms with Crippen molar-refractivity contribution >= 4 is 23.3 Å². The molecule has 1 aliphatic heterocycles. The quantitative estimate of drug-likeness (QED) is 0.707. The third-order valence-electron chi connectivity index (χ3n) is 6.25. The Morgan fingerprint density at radius 2 is 1.72 bits per heavy atom. The topological polar surface area (TPSA) is 49.3 Å². The van der Waals surface area contributed by atoms with Crippen LogP contribution in [0.15, 0.2) is 36.4 Å². The van der Waals surface area contributed by atoms with Gasteiger partial charge >= 0.3 is 0 Å². The Kier molecular flexibility index (Phi) is 6.65. The van der Waals surface area contributed by atoms with Gasteiger partial charge in [-0.05, 0) is 30.5 Å². The number of nitrogens with zero attached hydrogens (tertiary/aromatic N) is 4. The summed E-state index contributed by atoms with van der Waals surface area (Å²) in [5.74, 6) is 1.94. The van der Waals surface area contributed by atoms with Gasteiger partial charge in [-0.2, -0.15) is 0 Å². The van der Waals surface area contributed by atoms with Crippen molar-refractivity contribution in [1.82, 2.24) is 15.1 Å². The molecule has 2 fully saturated rings. The molecule has 0 radical (unpaired) electrons. The highest BCUT2D eigenvalue weighted by Crippen LogP contribution is 2.28. The normalized spacial score (nSPS) is 18.1. The maximum Gasteiger partial charge on any atom is 0.222 e. The standard InChI is InChI=1S/C23H29ClN4O/c24-20-9-5-4-8-19(20)21-11-12-22(26-25-21)27-14-16-28(17-15-27)23(29)13-10-18-6-2-1-3-7-18/h4-5,8-9,11-12,18H,1-3,6-7,10,13-17H2. The van der Waals surface area contributed by atoms with Crippen LogP contribution in [0.5, 0.6) is 0 Å². The zero-order valence-corrected chi connectivity index (χ0v) is 17.7. The molecule has 0 unspecified atom stereocenters. The fourth-order valence-electron chi connectivity index (χ4n) is 4.45. The molecule has 1 saturated carbocycles. The summed E-state index contributed by atoms with van der Waals surface area (Å²) in [7, 11) is 0. The number of carbonyl (C=O) groups is 1. The number of anilines is 1. The minimum absolute atomic E-state index is 0.315. The van der Waals surface area contributed by atoms with Crippen LogP contribution in [0.2, 0.25) is 5.02 Å². The number of halogens is 1. The molecule has 5 nitrogen and oxygen atoms in total. The zero-order chi connectivity index (χ0) is 20.1. The van der Waals surface area contributed by atoms with E-state index in [0.29, 0.717) is 17.4 Å². The number of piperazine rings is 1. The lowest BCUT2D eigenvalue weighted by Gasteiger charge is -2.35. The summed E-state index contributed by atoms with van der Waals surface area (Å²) in [5.41, 5.74) is 1.66. The van der Waals surface area contributed by atoms with E-state index in [-0.39, 0.29) is 0 Å². The van der Waals surface area contributed by atoms with Crippen molar-refractivity contribution in [1.29, 1.82) is 0 Å². The van der Waals surface area contributed by atoms with Gasteiger partial charge in [0.25, 0.3) is 0 Å². The van der Waals surface area contributed by atoms with Crippen LogP contribution in [0.25, 0.3) is 11.3 Å². The van der Waals surface area contributed by atoms with Crippen LogP contribution in [0.4, 0.5) is 5.82 Å². The molecule has 2 heterocycles. The van der Waals surface area contributed by atoms with Crippen molar-refractivity contribution in [2.24, 2.45) is 5.92 Å². The monoisotopic (exact) mass is 412 g/mol. The number of rotatable bonds is 5. The SMILES string of the molecule is O=C(CCC1CCCCC1)N1CCN(c2ccc(-c3ccccc3Cl)nn2)CC1. The summed E-state index contributed by atoms with van der Waals surface area (Å²) in [6, 6.07) is 11.6. The Bertz CT molecular complexity index is 812. The molecule has 0 bridgehead atoms. The number of amides is 1. The predicted molar refractivity (Wildman–Crippen MR) is 117 cm³/mol. The fraction of sp³-hybridized carbons (Fsp3) is 0.522. The molecular formula is C23H29ClN4O. The summed E-state index contributed by atoms with van der Waals surface area (Å²) in [6.07, 6.45) is 8.44. The Morgan fingerprint density at radius 1 is 0.966 bits per heavy atom. The third kappa shape index (κ3) is 5.08. The molecule has 6 heteroatoms. The van der Waals surface area contributed by atoms with Crippen molar-refractivity contribution in [3.05, 3.63) is 41.4 Å². The Balaban J connectivity index is 1.28. The van der Waals surface area contributed by atoms with Crippen molar-refractivity contribution < 1.29 is 4.79 Å². The Hall–Kier alpha value is -2.14. The van der Waals surface area contributed by atoms with Gasteiger partial charge in [0, 0.05) is 38.2 Å². The van der Waals surface area contributed by atoms with E-state index in [1.54, 1.807) is 0 Å². The molecule has 0 atom stereocenters. The molecule has 4 rings (SSSR count). The van der Waals surface area contributed by atoms with E-state index >= 15 is 0 Å². The number of hydrogen-bond donors (Lipinski definition) is 0. The van der Waals surface area contributed by atoms with E-state index < -0.39 is 0 Å². The smallest absolute Gasteiger partial charge is 0.222 e. The van der Waals surface area contributed by atoms with Crippen LogP contribution in [0.1, 0.15) is 44.9 Å². The highest BCUT2D eigenvalue weighted by atomic mass is 35.5. The van der Waals surface area contributed by atoms with Gasteiger partial charge in [-0.15, -0.1) is 10.2 Å². The van der Waals surface area contributed by atoms with Gasteiger partial charge in [0.15, 0.2) is 5.82 Å². The van der Waals surface area contributed by atoms with Gasteiger partial charge in [-0.25, -0.2) is 0 Å². The van der Waals surface area contributed by atoms with Crippen LogP contribution in [-0.2, 0) is 4.79 Å². The van der Waals surface area contributed by atoms with Gasteiger partial charge in [0.05, 0.1) is 10.7 Å². The van der Waals surface area contributed by atoms with E-state index in [4.69, 9.17) is 11.6 Å². The second kappa shape index (κ2) is 9.57. The summed E-state index contributed by atoms with van der Waals surface area (Å²) in [6.45, 7) is 3.12. The van der Waals surface area contributed by atoms with Crippen LogP contribution < -0.4 is 4.90 Å². The zero-order valence-electron chi connectivity index (χ0n) is 16.9. The minimum atomic E-state index is 0.315. The highest BCUT2D eigenvalue weighted by molar-refractivity contribution is 6.33. The van der Waals surface area contributed by atoms with Crippen LogP contribution >= 0.6 is 11.6 Å². The lowest BCUT2D eigenvalue weighted by Crippen LogP contribution is -2.49. The number of carbonyl (C=O) groups excluding carboxylic acids is 1. The lowest BCUT2D eigenvalue weighted by molar-refractivity contribution is -0.131. The van der Waals surface area contributed by atoms with Crippen LogP contribution in [0.3, 0.4) is 0 Å². The van der Waals surface area contributed by atoms with Crippen molar-refractivity contribution in [3.63, 3.8) is 0 Å². The van der Waals surface area contributed by atoms with Gasteiger partial charge in [0.1, 0.15) is 0 Å². The summed E-state index contributed by atoms with van der Waals surface area (Å²) in [4.78, 5) is 16.8. The number of aromatic nitrogens is 2. The fourth-order valence-corrected chi connectivity index (χ4v) is 4.69. The predicted octanol–water partition coefficient (Wildman–Crippen LogP) is 4.81. The van der Waals surface area contributed by atoms with Crippen LogP contribution in [-0.4, -0.2) is 47.2 Å². The Labute approximate surface area is 178 Å². The maximum atomic E-state index is 12.6. The molecule has 1 saturated heterocycles.